The van der Waals surface area contributed by atoms with E-state index < -0.39 is 42.2 Å². The van der Waals surface area contributed by atoms with Crippen molar-refractivity contribution in [1.82, 2.24) is 20.9 Å². The van der Waals surface area contributed by atoms with E-state index in [2.05, 4.69) is 20.9 Å². The van der Waals surface area contributed by atoms with Crippen LogP contribution < -0.4 is 26.4 Å². The lowest BCUT2D eigenvalue weighted by atomic mass is 9.93. The van der Waals surface area contributed by atoms with E-state index >= 15 is 0 Å². The van der Waals surface area contributed by atoms with Gasteiger partial charge in [0.25, 0.3) is 0 Å². The standard InChI is InChI=1S/C25H35N5O6/c1-15(31)29-21(13-23(26)32)24(33)30-22(25(34)35)11-17-14-28-20-5-4-18(12-19(17)20)36-10-2-3-16-6-8-27-9-7-16/h4-5,12,14,16,21-22,27-28H,2-3,6-11,13H2,1H3,(H2,26,32)(H,29,31)(H,30,33)(H,34,35)/t21-,22-/m0/s1. The van der Waals surface area contributed by atoms with Crippen LogP contribution in [0.1, 0.15) is 44.6 Å². The second-order valence-corrected chi connectivity index (χ2v) is 9.23. The van der Waals surface area contributed by atoms with Gasteiger partial charge in [0, 0.05) is 30.4 Å². The normalized spacial score (nSPS) is 15.7. The maximum Gasteiger partial charge on any atom is 0.326 e. The van der Waals surface area contributed by atoms with Crippen molar-refractivity contribution < 1.29 is 29.0 Å². The first-order valence-electron chi connectivity index (χ1n) is 12.2. The van der Waals surface area contributed by atoms with Crippen LogP contribution in [0.3, 0.4) is 0 Å². The molecule has 0 spiro atoms. The van der Waals surface area contributed by atoms with Crippen molar-refractivity contribution in [2.24, 2.45) is 11.7 Å². The number of amides is 3. The SMILES string of the molecule is CC(=O)N[C@@H](CC(N)=O)C(=O)N[C@@H](Cc1c[nH]c2ccc(OCCCC3CCNCC3)cc12)C(=O)O. The van der Waals surface area contributed by atoms with Crippen LogP contribution in [0.15, 0.2) is 24.4 Å². The van der Waals surface area contributed by atoms with Gasteiger partial charge in [0.1, 0.15) is 17.8 Å². The maximum atomic E-state index is 12.6. The van der Waals surface area contributed by atoms with Gasteiger partial charge < -0.3 is 36.5 Å². The van der Waals surface area contributed by atoms with Gasteiger partial charge in [-0.1, -0.05) is 0 Å². The highest BCUT2D eigenvalue weighted by Crippen LogP contribution is 2.25. The molecule has 1 aromatic carbocycles. The summed E-state index contributed by atoms with van der Waals surface area (Å²) in [7, 11) is 0. The number of aromatic nitrogens is 1. The van der Waals surface area contributed by atoms with Gasteiger partial charge >= 0.3 is 5.97 Å². The Morgan fingerprint density at radius 2 is 1.92 bits per heavy atom. The number of nitrogens with two attached hydrogens (primary N) is 1. The summed E-state index contributed by atoms with van der Waals surface area (Å²) in [4.78, 5) is 50.3. The second kappa shape index (κ2) is 12.9. The summed E-state index contributed by atoms with van der Waals surface area (Å²) in [5, 5.41) is 18.6. The number of ether oxygens (including phenoxy) is 1. The number of carbonyl (C=O) groups excluding carboxylic acids is 3. The fourth-order valence-electron chi connectivity index (χ4n) is 4.50. The molecular weight excluding hydrogens is 466 g/mol. The number of piperidine rings is 1. The Kier molecular flexibility index (Phi) is 9.69. The van der Waals surface area contributed by atoms with E-state index in [9.17, 15) is 24.3 Å². The average Bonchev–Trinajstić information content (AvgIpc) is 3.23. The molecule has 0 bridgehead atoms. The number of carboxylic acids is 1. The number of fused-ring (bicyclic) bond motifs is 1. The summed E-state index contributed by atoms with van der Waals surface area (Å²) in [6.45, 7) is 3.95. The molecule has 2 aromatic rings. The van der Waals surface area contributed by atoms with Crippen LogP contribution in [-0.4, -0.2) is 65.6 Å². The van der Waals surface area contributed by atoms with Crippen LogP contribution >= 0.6 is 0 Å². The third-order valence-corrected chi connectivity index (χ3v) is 6.36. The van der Waals surface area contributed by atoms with E-state index in [1.807, 2.05) is 18.2 Å². The Morgan fingerprint density at radius 3 is 2.58 bits per heavy atom. The lowest BCUT2D eigenvalue weighted by molar-refractivity contribution is -0.142. The van der Waals surface area contributed by atoms with Crippen molar-refractivity contribution in [1.29, 1.82) is 0 Å². The smallest absolute Gasteiger partial charge is 0.326 e. The van der Waals surface area contributed by atoms with Gasteiger partial charge in [0.15, 0.2) is 0 Å². The predicted octanol–water partition coefficient (Wildman–Crippen LogP) is 0.819. The van der Waals surface area contributed by atoms with Gasteiger partial charge in [-0.3, -0.25) is 14.4 Å². The minimum absolute atomic E-state index is 0.0103. The third-order valence-electron chi connectivity index (χ3n) is 6.36. The number of benzene rings is 1. The average molecular weight is 502 g/mol. The molecule has 1 aliphatic heterocycles. The number of aromatic amines is 1. The van der Waals surface area contributed by atoms with Crippen LogP contribution in [0, 0.1) is 5.92 Å². The summed E-state index contributed by atoms with van der Waals surface area (Å²) in [6, 6.07) is 3.06. The summed E-state index contributed by atoms with van der Waals surface area (Å²) < 4.78 is 5.95. The first-order valence-corrected chi connectivity index (χ1v) is 12.2. The van der Waals surface area contributed by atoms with E-state index in [0.29, 0.717) is 17.9 Å². The van der Waals surface area contributed by atoms with Crippen LogP contribution in [0.25, 0.3) is 10.9 Å². The lowest BCUT2D eigenvalue weighted by Gasteiger charge is -2.22. The quantitative estimate of drug-likeness (QED) is 0.220. The molecule has 1 aromatic heterocycles. The lowest BCUT2D eigenvalue weighted by Crippen LogP contribution is -2.53. The molecule has 3 rings (SSSR count). The summed E-state index contributed by atoms with van der Waals surface area (Å²) >= 11 is 0. The van der Waals surface area contributed by atoms with E-state index in [1.165, 1.54) is 19.8 Å². The number of aliphatic carboxylic acids is 1. The van der Waals surface area contributed by atoms with Gasteiger partial charge in [-0.2, -0.15) is 0 Å². The minimum Gasteiger partial charge on any atom is -0.494 e. The fourth-order valence-corrected chi connectivity index (χ4v) is 4.50. The zero-order chi connectivity index (χ0) is 26.1. The highest BCUT2D eigenvalue weighted by molar-refractivity contribution is 5.93. The number of carbonyl (C=O) groups is 4. The highest BCUT2D eigenvalue weighted by atomic mass is 16.5. The first kappa shape index (κ1) is 27.0. The number of nitrogens with one attached hydrogen (secondary N) is 4. The molecule has 11 nitrogen and oxygen atoms in total. The Hall–Kier alpha value is -3.60. The molecule has 0 unspecified atom stereocenters. The van der Waals surface area contributed by atoms with Crippen LogP contribution in [0.2, 0.25) is 0 Å². The van der Waals surface area contributed by atoms with Crippen LogP contribution in [-0.2, 0) is 25.6 Å². The predicted molar refractivity (Wildman–Crippen MR) is 133 cm³/mol. The molecular formula is C25H35N5O6. The largest absolute Gasteiger partial charge is 0.494 e. The summed E-state index contributed by atoms with van der Waals surface area (Å²) in [6.07, 6.45) is 5.75. The van der Waals surface area contributed by atoms with E-state index in [1.54, 1.807) is 6.20 Å². The Morgan fingerprint density at radius 1 is 1.17 bits per heavy atom. The molecule has 0 saturated carbocycles. The van der Waals surface area contributed by atoms with Gasteiger partial charge in [-0.05, 0) is 68.5 Å². The van der Waals surface area contributed by atoms with Gasteiger partial charge in [-0.25, -0.2) is 4.79 Å². The maximum absolute atomic E-state index is 12.6. The van der Waals surface area contributed by atoms with Crippen molar-refractivity contribution in [3.8, 4) is 5.75 Å². The van der Waals surface area contributed by atoms with E-state index in [0.717, 1.165) is 42.8 Å². The molecule has 11 heteroatoms. The number of primary amides is 1. The molecule has 1 saturated heterocycles. The first-order chi connectivity index (χ1) is 17.2. The molecule has 0 radical (unpaired) electrons. The molecule has 196 valence electrons. The van der Waals surface area contributed by atoms with Gasteiger partial charge in [0.05, 0.1) is 13.0 Å². The summed E-state index contributed by atoms with van der Waals surface area (Å²) in [5.74, 6) is -1.95. The second-order valence-electron chi connectivity index (χ2n) is 9.23. The molecule has 7 N–H and O–H groups in total. The molecule has 1 fully saturated rings. The number of rotatable bonds is 13. The topological polar surface area (TPSA) is 176 Å². The van der Waals surface area contributed by atoms with Crippen molar-refractivity contribution in [3.05, 3.63) is 30.0 Å². The number of hydrogen-bond acceptors (Lipinski definition) is 6. The fraction of sp³-hybridized carbons (Fsp3) is 0.520. The number of H-pyrrole nitrogens is 1. The molecule has 2 heterocycles. The minimum atomic E-state index is -1.28. The van der Waals surface area contributed by atoms with Crippen molar-refractivity contribution in [3.63, 3.8) is 0 Å². The molecule has 1 aliphatic rings. The zero-order valence-electron chi connectivity index (χ0n) is 20.5. The van der Waals surface area contributed by atoms with Gasteiger partial charge in [0.2, 0.25) is 17.7 Å². The highest BCUT2D eigenvalue weighted by Gasteiger charge is 2.28. The summed E-state index contributed by atoms with van der Waals surface area (Å²) in [5.41, 5.74) is 6.66. The van der Waals surface area contributed by atoms with Crippen molar-refractivity contribution >= 4 is 34.6 Å². The number of carboxylic acid groups (broad SMARTS) is 1. The van der Waals surface area contributed by atoms with Crippen LogP contribution in [0.5, 0.6) is 5.75 Å². The molecule has 36 heavy (non-hydrogen) atoms. The van der Waals surface area contributed by atoms with Crippen molar-refractivity contribution in [2.75, 3.05) is 19.7 Å². The third kappa shape index (κ3) is 7.98. The Balaban J connectivity index is 1.63. The van der Waals surface area contributed by atoms with E-state index in [-0.39, 0.29) is 6.42 Å². The molecule has 0 aliphatic carbocycles. The number of hydrogen-bond donors (Lipinski definition) is 6. The molecule has 2 atom stereocenters. The van der Waals surface area contributed by atoms with E-state index in [4.69, 9.17) is 10.5 Å². The van der Waals surface area contributed by atoms with Gasteiger partial charge in [-0.15, -0.1) is 0 Å². The zero-order valence-corrected chi connectivity index (χ0v) is 20.5. The molecule has 3 amide bonds. The monoisotopic (exact) mass is 501 g/mol. The van der Waals surface area contributed by atoms with Crippen molar-refractivity contribution in [2.45, 2.75) is 57.5 Å². The Bertz CT molecular complexity index is 1060. The Labute approximate surface area is 209 Å². The van der Waals surface area contributed by atoms with Crippen LogP contribution in [0.4, 0.5) is 0 Å².